The topological polar surface area (TPSA) is 93.1 Å². The second kappa shape index (κ2) is 8.79. The van der Waals surface area contributed by atoms with Crippen molar-refractivity contribution in [1.82, 2.24) is 20.2 Å². The van der Waals surface area contributed by atoms with E-state index in [4.69, 9.17) is 0 Å². The normalized spacial score (nSPS) is 11.9. The summed E-state index contributed by atoms with van der Waals surface area (Å²) >= 11 is 1.39. The van der Waals surface area contributed by atoms with E-state index < -0.39 is 11.9 Å². The Bertz CT molecular complexity index is 1040. The van der Waals surface area contributed by atoms with E-state index in [0.717, 1.165) is 17.5 Å². The van der Waals surface area contributed by atoms with Gasteiger partial charge in [0.1, 0.15) is 17.4 Å². The van der Waals surface area contributed by atoms with Crippen LogP contribution in [-0.4, -0.2) is 34.0 Å². The molecule has 0 saturated carbocycles. The molecule has 0 radical (unpaired) electrons. The third-order valence-electron chi connectivity index (χ3n) is 4.28. The Morgan fingerprint density at radius 3 is 2.71 bits per heavy atom. The minimum Gasteiger partial charge on any atom is -0.354 e. The van der Waals surface area contributed by atoms with E-state index in [-0.39, 0.29) is 18.0 Å². The Kier molecular flexibility index (Phi) is 6.20. The van der Waals surface area contributed by atoms with Gasteiger partial charge in [0.05, 0.1) is 11.7 Å². The molecular weight excluding hydrogens is 376 g/mol. The van der Waals surface area contributed by atoms with Crippen LogP contribution in [0, 0.1) is 0 Å². The van der Waals surface area contributed by atoms with Crippen molar-refractivity contribution in [2.24, 2.45) is 0 Å². The molecule has 2 N–H and O–H groups in total. The van der Waals surface area contributed by atoms with E-state index in [0.29, 0.717) is 16.8 Å². The molecule has 2 amide bonds. The maximum Gasteiger partial charge on any atom is 0.263 e. The van der Waals surface area contributed by atoms with Crippen LogP contribution in [0.3, 0.4) is 0 Å². The van der Waals surface area contributed by atoms with Gasteiger partial charge in [0.15, 0.2) is 0 Å². The molecule has 146 valence electrons. The molecule has 7 nitrogen and oxygen atoms in total. The summed E-state index contributed by atoms with van der Waals surface area (Å²) in [5, 5.41) is 7.74. The molecule has 3 aromatic rings. The van der Waals surface area contributed by atoms with E-state index in [1.165, 1.54) is 22.2 Å². The van der Waals surface area contributed by atoms with Crippen LogP contribution < -0.4 is 16.2 Å². The summed E-state index contributed by atoms with van der Waals surface area (Å²) in [7, 11) is 0. The van der Waals surface area contributed by atoms with Crippen molar-refractivity contribution in [3.63, 3.8) is 0 Å². The third kappa shape index (κ3) is 4.28. The van der Waals surface area contributed by atoms with Crippen molar-refractivity contribution < 1.29 is 9.59 Å². The van der Waals surface area contributed by atoms with Gasteiger partial charge in [-0.1, -0.05) is 37.3 Å². The number of hydrogen-bond donors (Lipinski definition) is 2. The average Bonchev–Trinajstić information content (AvgIpc) is 3.13. The zero-order valence-electron chi connectivity index (χ0n) is 15.8. The van der Waals surface area contributed by atoms with E-state index in [2.05, 4.69) is 15.6 Å². The number of amides is 2. The molecule has 2 aromatic heterocycles. The molecule has 0 saturated heterocycles. The summed E-state index contributed by atoms with van der Waals surface area (Å²) in [4.78, 5) is 42.1. The minimum absolute atomic E-state index is 0.197. The number of carbonyl (C=O) groups is 2. The van der Waals surface area contributed by atoms with Crippen molar-refractivity contribution in [2.75, 3.05) is 6.54 Å². The molecule has 2 heterocycles. The van der Waals surface area contributed by atoms with Gasteiger partial charge in [-0.25, -0.2) is 4.98 Å². The van der Waals surface area contributed by atoms with Crippen LogP contribution in [0.5, 0.6) is 0 Å². The number of carbonyl (C=O) groups excluding carboxylic acids is 2. The Balaban J connectivity index is 1.81. The lowest BCUT2D eigenvalue weighted by atomic mass is 10.1. The van der Waals surface area contributed by atoms with Crippen molar-refractivity contribution >= 4 is 33.4 Å². The maximum atomic E-state index is 13.0. The summed E-state index contributed by atoms with van der Waals surface area (Å²) in [5.41, 5.74) is 1.46. The molecule has 28 heavy (non-hydrogen) atoms. The van der Waals surface area contributed by atoms with Gasteiger partial charge >= 0.3 is 0 Å². The van der Waals surface area contributed by atoms with Gasteiger partial charge in [-0.3, -0.25) is 19.0 Å². The first-order chi connectivity index (χ1) is 13.5. The van der Waals surface area contributed by atoms with Gasteiger partial charge in [0.25, 0.3) is 5.56 Å². The Morgan fingerprint density at radius 1 is 1.25 bits per heavy atom. The molecule has 0 spiro atoms. The zero-order chi connectivity index (χ0) is 20.1. The van der Waals surface area contributed by atoms with E-state index in [1.54, 1.807) is 6.92 Å². The number of fused-ring (bicyclic) bond motifs is 1. The molecule has 1 atom stereocenters. The predicted octanol–water partition coefficient (Wildman–Crippen LogP) is 2.16. The summed E-state index contributed by atoms with van der Waals surface area (Å²) in [6.07, 6.45) is 2.19. The molecule has 8 heteroatoms. The van der Waals surface area contributed by atoms with E-state index in [1.807, 2.05) is 42.6 Å². The molecule has 1 aromatic carbocycles. The number of hydrogen-bond acceptors (Lipinski definition) is 5. The zero-order valence-corrected chi connectivity index (χ0v) is 16.6. The number of thiophene rings is 1. The summed E-state index contributed by atoms with van der Waals surface area (Å²) < 4.78 is 1.27. The van der Waals surface area contributed by atoms with Crippen LogP contribution in [0.2, 0.25) is 0 Å². The second-order valence-electron chi connectivity index (χ2n) is 6.45. The molecule has 0 bridgehead atoms. The van der Waals surface area contributed by atoms with Crippen molar-refractivity contribution in [1.29, 1.82) is 0 Å². The van der Waals surface area contributed by atoms with Crippen LogP contribution in [0.4, 0.5) is 0 Å². The maximum absolute atomic E-state index is 13.0. The lowest BCUT2D eigenvalue weighted by molar-refractivity contribution is -0.128. The number of rotatable bonds is 7. The highest BCUT2D eigenvalue weighted by atomic mass is 32.1. The van der Waals surface area contributed by atoms with Gasteiger partial charge < -0.3 is 10.6 Å². The lowest BCUT2D eigenvalue weighted by Crippen LogP contribution is -2.46. The largest absolute Gasteiger partial charge is 0.354 e. The highest BCUT2D eigenvalue weighted by Gasteiger charge is 2.17. The minimum atomic E-state index is -0.674. The number of benzene rings is 1. The summed E-state index contributed by atoms with van der Waals surface area (Å²) in [5.74, 6) is -0.667. The monoisotopic (exact) mass is 398 g/mol. The van der Waals surface area contributed by atoms with Gasteiger partial charge in [0.2, 0.25) is 11.8 Å². The van der Waals surface area contributed by atoms with E-state index >= 15 is 0 Å². The SMILES string of the molecule is CCCNC(=O)[C@@H](C)NC(=O)Cn1cnc2scc(-c3ccccc3)c2c1=O. The van der Waals surface area contributed by atoms with E-state index in [9.17, 15) is 14.4 Å². The first-order valence-corrected chi connectivity index (χ1v) is 9.98. The summed E-state index contributed by atoms with van der Waals surface area (Å²) in [6, 6.07) is 8.92. The van der Waals surface area contributed by atoms with Crippen LogP contribution in [0.25, 0.3) is 21.3 Å². The van der Waals surface area contributed by atoms with Gasteiger partial charge in [-0.2, -0.15) is 0 Å². The fraction of sp³-hybridized carbons (Fsp3) is 0.300. The lowest BCUT2D eigenvalue weighted by Gasteiger charge is -2.14. The first-order valence-electron chi connectivity index (χ1n) is 9.10. The molecular formula is C20H22N4O3S. The quantitative estimate of drug-likeness (QED) is 0.638. The Morgan fingerprint density at radius 2 is 2.00 bits per heavy atom. The fourth-order valence-electron chi connectivity index (χ4n) is 2.82. The first kappa shape index (κ1) is 19.8. The number of nitrogens with zero attached hydrogens (tertiary/aromatic N) is 2. The Labute approximate surface area is 166 Å². The second-order valence-corrected chi connectivity index (χ2v) is 7.31. The molecule has 3 rings (SSSR count). The molecule has 0 unspecified atom stereocenters. The van der Waals surface area contributed by atoms with Crippen molar-refractivity contribution in [2.45, 2.75) is 32.9 Å². The number of aromatic nitrogens is 2. The van der Waals surface area contributed by atoms with Crippen LogP contribution in [0.1, 0.15) is 20.3 Å². The molecule has 0 aliphatic heterocycles. The van der Waals surface area contributed by atoms with Crippen molar-refractivity contribution in [3.05, 3.63) is 52.4 Å². The molecule has 0 aliphatic carbocycles. The highest BCUT2D eigenvalue weighted by Crippen LogP contribution is 2.30. The summed E-state index contributed by atoms with van der Waals surface area (Å²) in [6.45, 7) is 3.92. The molecule has 0 aliphatic rings. The highest BCUT2D eigenvalue weighted by molar-refractivity contribution is 7.17. The van der Waals surface area contributed by atoms with Crippen LogP contribution >= 0.6 is 11.3 Å². The smallest absolute Gasteiger partial charge is 0.263 e. The average molecular weight is 398 g/mol. The van der Waals surface area contributed by atoms with Gasteiger partial charge in [0, 0.05) is 17.5 Å². The third-order valence-corrected chi connectivity index (χ3v) is 5.17. The van der Waals surface area contributed by atoms with Crippen LogP contribution in [0.15, 0.2) is 46.8 Å². The van der Waals surface area contributed by atoms with Crippen molar-refractivity contribution in [3.8, 4) is 11.1 Å². The number of nitrogens with one attached hydrogen (secondary N) is 2. The molecule has 0 fully saturated rings. The standard InChI is InChI=1S/C20H22N4O3S/c1-3-9-21-18(26)13(2)23-16(25)10-24-12-22-19-17(20(24)27)15(11-28-19)14-7-5-4-6-8-14/h4-8,11-13H,3,9-10H2,1-2H3,(H,21,26)(H,23,25)/t13-/m1/s1. The van der Waals surface area contributed by atoms with Gasteiger partial charge in [-0.05, 0) is 18.9 Å². The fourth-order valence-corrected chi connectivity index (χ4v) is 3.73. The van der Waals surface area contributed by atoms with Gasteiger partial charge in [-0.15, -0.1) is 11.3 Å². The predicted molar refractivity (Wildman–Crippen MR) is 110 cm³/mol. The Hall–Kier alpha value is -3.00. The van der Waals surface area contributed by atoms with Crippen LogP contribution in [-0.2, 0) is 16.1 Å².